The molecule has 0 atom stereocenters. The number of ether oxygens (including phenoxy) is 3. The monoisotopic (exact) mass is 1250 g/mol. The zero-order chi connectivity index (χ0) is 61.3. The average Bonchev–Trinajstić information content (AvgIpc) is 3.86. The topological polar surface area (TPSA) is 181 Å². The first-order chi connectivity index (χ1) is 40.2. The lowest BCUT2D eigenvalue weighted by Gasteiger charge is -2.08. The fourth-order valence-electron chi connectivity index (χ4n) is 9.78. The van der Waals surface area contributed by atoms with Crippen molar-refractivity contribution in [3.05, 3.63) is 190 Å². The van der Waals surface area contributed by atoms with Crippen LogP contribution in [0.25, 0.3) is 32.7 Å². The largest absolute Gasteiger partial charge is 0.495 e. The molecule has 9 rings (SSSR count). The normalized spacial score (nSPS) is 10.9. The minimum Gasteiger partial charge on any atom is -0.495 e. The zero-order valence-corrected chi connectivity index (χ0v) is 52.0. The Morgan fingerprint density at radius 1 is 0.417 bits per heavy atom. The number of likely N-dealkylation sites (N-methyl/N-ethyl adjacent to an activating group) is 2. The molecule has 21 heteroatoms. The molecule has 3 heterocycles. The SMILES string of the molecule is CCCNC(=O)Cc1c(C)n(C(=O)c2ccc(Cl)cc2)c2ccc(OC)c(Cl)c12.CCNC(=O)Cc1c(C)n(C(=O)c2ccc(Cl)cc2)c2ccc(OC)c(Cl)c12.CNC(=O)Cc1c(C)n(C(=O)c2ccc(Cl)cc2)c2ccc(OC)c(Cl)c12. The van der Waals surface area contributed by atoms with Crippen molar-refractivity contribution in [2.75, 3.05) is 41.5 Å². The molecule has 0 unspecified atom stereocenters. The second-order valence-electron chi connectivity index (χ2n) is 19.1. The Bertz CT molecular complexity index is 3980. The summed E-state index contributed by atoms with van der Waals surface area (Å²) in [5.74, 6) is 0.377. The van der Waals surface area contributed by atoms with Gasteiger partial charge in [0, 0.05) is 85.1 Å². The standard InChI is InChI=1S/C22H22Cl2N2O3.C21H20Cl2N2O3.C20H18Cl2N2O3/c1-4-11-25-19(27)12-16-13(2)26(22(28)14-5-7-15(23)8-6-14)17-9-10-18(29-3)21(24)20(16)17;1-4-24-18(26)11-15-12(2)25(21(27)13-5-7-14(22)8-6-13)16-9-10-17(28-3)20(23)19(15)16;1-11-14(10-17(25)23-2)18-15(8-9-16(27-3)19(18)22)24(11)20(26)12-4-6-13(21)7-5-12/h5-10H,4,11-12H2,1-3H3,(H,25,27);5-10H,4,11H2,1-3H3,(H,24,26);4-9H,10H2,1-3H3,(H,23,25). The van der Waals surface area contributed by atoms with Gasteiger partial charge < -0.3 is 30.2 Å². The number of hydrogen-bond acceptors (Lipinski definition) is 9. The van der Waals surface area contributed by atoms with Crippen LogP contribution in [0.15, 0.2) is 109 Å². The molecule has 15 nitrogen and oxygen atoms in total. The average molecular weight is 1260 g/mol. The molecule has 0 aliphatic carbocycles. The minimum atomic E-state index is -0.224. The van der Waals surface area contributed by atoms with Crippen LogP contribution in [-0.4, -0.2) is 90.6 Å². The summed E-state index contributed by atoms with van der Waals surface area (Å²) in [7, 11) is 6.15. The lowest BCUT2D eigenvalue weighted by atomic mass is 10.1. The van der Waals surface area contributed by atoms with Crippen molar-refractivity contribution in [3.63, 3.8) is 0 Å². The summed E-state index contributed by atoms with van der Waals surface area (Å²) in [6.07, 6.45) is 1.18. The Morgan fingerprint density at radius 2 is 0.702 bits per heavy atom. The molecular weight excluding hydrogens is 1200 g/mol. The summed E-state index contributed by atoms with van der Waals surface area (Å²) in [6, 6.07) is 30.5. The van der Waals surface area contributed by atoms with Crippen molar-refractivity contribution in [2.24, 2.45) is 0 Å². The lowest BCUT2D eigenvalue weighted by Crippen LogP contribution is -2.26. The highest BCUT2D eigenvalue weighted by atomic mass is 35.5. The molecule has 9 aromatic rings. The third-order valence-corrected chi connectivity index (χ3v) is 15.9. The van der Waals surface area contributed by atoms with Crippen LogP contribution in [0.3, 0.4) is 0 Å². The molecular formula is C63H60Cl6N6O9. The molecule has 3 N–H and O–H groups in total. The molecule has 0 fully saturated rings. The Hall–Kier alpha value is -7.50. The van der Waals surface area contributed by atoms with Crippen LogP contribution < -0.4 is 30.2 Å². The Balaban J connectivity index is 0.000000181. The number of halogens is 6. The first kappa shape index (κ1) is 64.1. The van der Waals surface area contributed by atoms with Crippen LogP contribution >= 0.6 is 69.6 Å². The number of nitrogens with zero attached hydrogens (tertiary/aromatic N) is 3. The number of carbonyl (C=O) groups is 6. The van der Waals surface area contributed by atoms with Crippen LogP contribution in [-0.2, 0) is 33.6 Å². The number of benzene rings is 6. The molecule has 3 amide bonds. The van der Waals surface area contributed by atoms with Gasteiger partial charge in [-0.3, -0.25) is 42.5 Å². The predicted molar refractivity (Wildman–Crippen MR) is 335 cm³/mol. The van der Waals surface area contributed by atoms with Gasteiger partial charge in [0.2, 0.25) is 17.7 Å². The van der Waals surface area contributed by atoms with E-state index in [0.717, 1.165) is 6.42 Å². The molecule has 0 saturated carbocycles. The van der Waals surface area contributed by atoms with E-state index >= 15 is 0 Å². The van der Waals surface area contributed by atoms with E-state index in [9.17, 15) is 28.8 Å². The maximum atomic E-state index is 13.3. The number of fused-ring (bicyclic) bond motifs is 3. The summed E-state index contributed by atoms with van der Waals surface area (Å²) in [6.45, 7) is 10.4. The van der Waals surface area contributed by atoms with Crippen LogP contribution in [0.2, 0.25) is 30.1 Å². The van der Waals surface area contributed by atoms with E-state index in [2.05, 4.69) is 16.0 Å². The highest BCUT2D eigenvalue weighted by Crippen LogP contribution is 2.42. The first-order valence-electron chi connectivity index (χ1n) is 26.4. The quantitative estimate of drug-likeness (QED) is 0.0900. The van der Waals surface area contributed by atoms with E-state index in [1.54, 1.807) is 137 Å². The number of rotatable bonds is 15. The number of amides is 3. The predicted octanol–water partition coefficient (Wildman–Crippen LogP) is 13.9. The number of methoxy groups -OCH3 is 3. The van der Waals surface area contributed by atoms with Gasteiger partial charge in [0.05, 0.1) is 72.2 Å². The Morgan fingerprint density at radius 3 is 0.964 bits per heavy atom. The molecule has 3 aromatic heterocycles. The zero-order valence-electron chi connectivity index (χ0n) is 47.4. The summed E-state index contributed by atoms with van der Waals surface area (Å²) in [5, 5.41) is 13.0. The van der Waals surface area contributed by atoms with Gasteiger partial charge in [-0.15, -0.1) is 0 Å². The third-order valence-electron chi connectivity index (χ3n) is 14.0. The fourth-order valence-corrected chi connectivity index (χ4v) is 11.2. The molecule has 0 aliphatic rings. The first-order valence-corrected chi connectivity index (χ1v) is 28.7. The highest BCUT2D eigenvalue weighted by molar-refractivity contribution is 6.39. The summed E-state index contributed by atoms with van der Waals surface area (Å²) >= 11 is 37.5. The van der Waals surface area contributed by atoms with Gasteiger partial charge in [0.1, 0.15) is 17.2 Å². The molecule has 0 saturated heterocycles. The van der Waals surface area contributed by atoms with Crippen LogP contribution in [0.4, 0.5) is 0 Å². The number of aromatic nitrogens is 3. The van der Waals surface area contributed by atoms with Gasteiger partial charge in [-0.1, -0.05) is 76.5 Å². The van der Waals surface area contributed by atoms with E-state index in [1.165, 1.54) is 21.3 Å². The van der Waals surface area contributed by atoms with Crippen molar-refractivity contribution < 1.29 is 43.0 Å². The number of hydrogen-bond donors (Lipinski definition) is 3. The lowest BCUT2D eigenvalue weighted by molar-refractivity contribution is -0.121. The molecule has 438 valence electrons. The van der Waals surface area contributed by atoms with E-state index in [1.807, 2.05) is 27.7 Å². The molecule has 0 bridgehead atoms. The second kappa shape index (κ2) is 28.4. The van der Waals surface area contributed by atoms with Crippen molar-refractivity contribution in [1.29, 1.82) is 0 Å². The van der Waals surface area contributed by atoms with Crippen LogP contribution in [0.5, 0.6) is 17.2 Å². The molecule has 84 heavy (non-hydrogen) atoms. The van der Waals surface area contributed by atoms with Gasteiger partial charge in [0.15, 0.2) is 0 Å². The van der Waals surface area contributed by atoms with Crippen molar-refractivity contribution in [3.8, 4) is 17.2 Å². The number of carbonyl (C=O) groups excluding carboxylic acids is 6. The van der Waals surface area contributed by atoms with Crippen LogP contribution in [0.1, 0.15) is 85.1 Å². The van der Waals surface area contributed by atoms with E-state index in [0.29, 0.717) is 144 Å². The fraction of sp³-hybridized carbons (Fsp3) is 0.238. The maximum absolute atomic E-state index is 13.3. The van der Waals surface area contributed by atoms with Crippen molar-refractivity contribution in [1.82, 2.24) is 29.7 Å². The van der Waals surface area contributed by atoms with Gasteiger partial charge in [0.25, 0.3) is 17.7 Å². The van der Waals surface area contributed by atoms with E-state index in [-0.39, 0.29) is 54.7 Å². The van der Waals surface area contributed by atoms with Crippen molar-refractivity contribution >= 4 is 138 Å². The second-order valence-corrected chi connectivity index (χ2v) is 21.5. The van der Waals surface area contributed by atoms with Gasteiger partial charge in [-0.25, -0.2) is 0 Å². The van der Waals surface area contributed by atoms with Gasteiger partial charge in [-0.05, 0) is 160 Å². The summed E-state index contributed by atoms with van der Waals surface area (Å²) in [5.41, 5.74) is 7.43. The van der Waals surface area contributed by atoms with Gasteiger partial charge in [-0.2, -0.15) is 0 Å². The van der Waals surface area contributed by atoms with Gasteiger partial charge >= 0.3 is 0 Å². The molecule has 0 aliphatic heterocycles. The van der Waals surface area contributed by atoms with Crippen LogP contribution in [0, 0.1) is 20.8 Å². The van der Waals surface area contributed by atoms with Crippen molar-refractivity contribution in [2.45, 2.75) is 60.3 Å². The Labute approximate surface area is 515 Å². The maximum Gasteiger partial charge on any atom is 0.262 e. The van der Waals surface area contributed by atoms with E-state index in [4.69, 9.17) is 83.8 Å². The number of nitrogens with one attached hydrogen (secondary N) is 3. The third kappa shape index (κ3) is 13.5. The molecule has 6 aromatic carbocycles. The minimum absolute atomic E-state index is 0.104. The summed E-state index contributed by atoms with van der Waals surface area (Å²) < 4.78 is 20.7. The molecule has 0 radical (unpaired) electrons. The highest BCUT2D eigenvalue weighted by Gasteiger charge is 2.28. The summed E-state index contributed by atoms with van der Waals surface area (Å²) in [4.78, 5) is 76.4. The van der Waals surface area contributed by atoms with E-state index < -0.39 is 0 Å². The smallest absolute Gasteiger partial charge is 0.262 e. The Kier molecular flexibility index (Phi) is 21.7. The molecule has 0 spiro atoms.